The number of nitrogens with one attached hydrogen (secondary N) is 1. The van der Waals surface area contributed by atoms with Gasteiger partial charge in [0.25, 0.3) is 5.91 Å². The second-order valence-corrected chi connectivity index (χ2v) is 3.81. The third-order valence-electron chi connectivity index (χ3n) is 2.25. The van der Waals surface area contributed by atoms with E-state index in [0.717, 1.165) is 0 Å². The third-order valence-corrected chi connectivity index (χ3v) is 2.25. The molecular weight excluding hydrogens is 257 g/mol. The Hall–Kier alpha value is -2.15. The van der Waals surface area contributed by atoms with Crippen molar-refractivity contribution >= 4 is 11.9 Å². The number of carboxylic acids is 1. The fraction of sp³-hybridized carbons (Fsp3) is 0.333. The summed E-state index contributed by atoms with van der Waals surface area (Å²) >= 11 is 0. The fourth-order valence-electron chi connectivity index (χ4n) is 1.20. The zero-order valence-electron chi connectivity index (χ0n) is 10.2. The summed E-state index contributed by atoms with van der Waals surface area (Å²) in [6, 6.07) is 5.11. The van der Waals surface area contributed by atoms with E-state index in [2.05, 4.69) is 5.32 Å². The largest absolute Gasteiger partial charge is 0.481 e. The zero-order valence-corrected chi connectivity index (χ0v) is 10.2. The van der Waals surface area contributed by atoms with E-state index in [4.69, 9.17) is 14.9 Å². The first-order valence-corrected chi connectivity index (χ1v) is 5.51. The number of carbonyl (C=O) groups excluding carboxylic acids is 1. The van der Waals surface area contributed by atoms with Crippen LogP contribution in [0.5, 0.6) is 5.75 Å². The quantitative estimate of drug-likeness (QED) is 0.684. The van der Waals surface area contributed by atoms with Gasteiger partial charge in [0.1, 0.15) is 11.6 Å². The summed E-state index contributed by atoms with van der Waals surface area (Å²) in [5.41, 5.74) is 0. The summed E-state index contributed by atoms with van der Waals surface area (Å²) in [4.78, 5) is 21.9. The van der Waals surface area contributed by atoms with Crippen LogP contribution < -0.4 is 10.1 Å². The Balaban J connectivity index is 2.44. The number of hydrogen-bond acceptors (Lipinski definition) is 4. The molecule has 7 heteroatoms. The number of aliphatic carboxylic acids is 1. The van der Waals surface area contributed by atoms with Crippen LogP contribution in [0, 0.1) is 5.82 Å². The predicted molar refractivity (Wildman–Crippen MR) is 63.1 cm³/mol. The molecule has 3 N–H and O–H groups in total. The number of halogens is 1. The van der Waals surface area contributed by atoms with E-state index >= 15 is 0 Å². The second kappa shape index (κ2) is 6.69. The van der Waals surface area contributed by atoms with Gasteiger partial charge in [-0.05, 0) is 31.2 Å². The van der Waals surface area contributed by atoms with E-state index in [1.807, 2.05) is 0 Å². The van der Waals surface area contributed by atoms with E-state index in [1.165, 1.54) is 31.2 Å². The van der Waals surface area contributed by atoms with Gasteiger partial charge in [-0.3, -0.25) is 4.79 Å². The number of aliphatic hydroxyl groups excluding tert-OH is 1. The molecule has 0 saturated heterocycles. The highest BCUT2D eigenvalue weighted by atomic mass is 19.1. The molecule has 1 aromatic carbocycles. The van der Waals surface area contributed by atoms with Crippen molar-refractivity contribution in [3.8, 4) is 5.75 Å². The molecule has 6 nitrogen and oxygen atoms in total. The smallest absolute Gasteiger partial charge is 0.334 e. The van der Waals surface area contributed by atoms with Crippen molar-refractivity contribution in [3.05, 3.63) is 30.1 Å². The van der Waals surface area contributed by atoms with Gasteiger partial charge >= 0.3 is 5.97 Å². The lowest BCUT2D eigenvalue weighted by Crippen LogP contribution is -2.42. The van der Waals surface area contributed by atoms with Crippen LogP contribution >= 0.6 is 0 Å². The number of hydrogen-bond donors (Lipinski definition) is 3. The fourth-order valence-corrected chi connectivity index (χ4v) is 1.20. The number of benzene rings is 1. The van der Waals surface area contributed by atoms with E-state index in [-0.39, 0.29) is 0 Å². The van der Waals surface area contributed by atoms with Gasteiger partial charge in [-0.2, -0.15) is 0 Å². The van der Waals surface area contributed by atoms with Crippen LogP contribution in [0.4, 0.5) is 4.39 Å². The monoisotopic (exact) mass is 271 g/mol. The summed E-state index contributed by atoms with van der Waals surface area (Å²) in [6.07, 6.45) is -2.56. The van der Waals surface area contributed by atoms with Gasteiger partial charge in [0, 0.05) is 0 Å². The first-order valence-electron chi connectivity index (χ1n) is 5.51. The van der Waals surface area contributed by atoms with E-state index in [9.17, 15) is 14.0 Å². The summed E-state index contributed by atoms with van der Waals surface area (Å²) in [5, 5.41) is 19.6. The van der Waals surface area contributed by atoms with Crippen LogP contribution in [0.25, 0.3) is 0 Å². The minimum absolute atomic E-state index is 0.308. The van der Waals surface area contributed by atoms with Crippen molar-refractivity contribution in [2.45, 2.75) is 19.1 Å². The van der Waals surface area contributed by atoms with Gasteiger partial charge in [-0.15, -0.1) is 0 Å². The van der Waals surface area contributed by atoms with Gasteiger partial charge in [0.15, 0.2) is 12.2 Å². The molecule has 0 aromatic heterocycles. The molecule has 1 unspecified atom stereocenters. The number of carbonyl (C=O) groups is 2. The maximum Gasteiger partial charge on any atom is 0.334 e. The molecule has 2 atom stereocenters. The highest BCUT2D eigenvalue weighted by Gasteiger charge is 2.18. The molecule has 1 rings (SSSR count). The third kappa shape index (κ3) is 4.92. The number of amides is 1. The molecule has 1 amide bonds. The van der Waals surface area contributed by atoms with Gasteiger partial charge < -0.3 is 20.3 Å². The Morgan fingerprint density at radius 3 is 2.47 bits per heavy atom. The molecule has 0 bridgehead atoms. The summed E-state index contributed by atoms with van der Waals surface area (Å²) in [5.74, 6) is -2.12. The molecule has 0 spiro atoms. The normalized spacial score (nSPS) is 13.4. The second-order valence-electron chi connectivity index (χ2n) is 3.81. The van der Waals surface area contributed by atoms with Crippen LogP contribution in [0.15, 0.2) is 24.3 Å². The van der Waals surface area contributed by atoms with Crippen molar-refractivity contribution in [2.75, 3.05) is 6.54 Å². The standard InChI is InChI=1S/C12H14FNO5/c1-7(11(16)14-6-10(15)12(17)18)19-9-4-2-8(13)3-5-9/h2-5,7,10,15H,6H2,1H3,(H,14,16)(H,17,18)/t7?,10-/m0/s1. The Bertz CT molecular complexity index is 448. The van der Waals surface area contributed by atoms with Gasteiger partial charge in [0.05, 0.1) is 6.54 Å². The van der Waals surface area contributed by atoms with Crippen LogP contribution in [0.2, 0.25) is 0 Å². The van der Waals surface area contributed by atoms with Gasteiger partial charge in [0.2, 0.25) is 0 Å². The van der Waals surface area contributed by atoms with Crippen molar-refractivity contribution < 1.29 is 28.9 Å². The summed E-state index contributed by atoms with van der Waals surface area (Å²) < 4.78 is 17.9. The summed E-state index contributed by atoms with van der Waals surface area (Å²) in [7, 11) is 0. The number of carboxylic acid groups (broad SMARTS) is 1. The number of rotatable bonds is 6. The Morgan fingerprint density at radius 1 is 1.37 bits per heavy atom. The van der Waals surface area contributed by atoms with Gasteiger partial charge in [-0.25, -0.2) is 9.18 Å². The zero-order chi connectivity index (χ0) is 14.4. The molecule has 0 heterocycles. The van der Waals surface area contributed by atoms with Crippen molar-refractivity contribution in [1.29, 1.82) is 0 Å². The Morgan fingerprint density at radius 2 is 1.95 bits per heavy atom. The van der Waals surface area contributed by atoms with Crippen LogP contribution in [0.3, 0.4) is 0 Å². The summed E-state index contributed by atoms with van der Waals surface area (Å²) in [6.45, 7) is 1.04. The minimum Gasteiger partial charge on any atom is -0.481 e. The maximum atomic E-state index is 12.6. The van der Waals surface area contributed by atoms with E-state index < -0.39 is 36.4 Å². The molecule has 0 radical (unpaired) electrons. The number of aliphatic hydroxyl groups is 1. The van der Waals surface area contributed by atoms with Crippen LogP contribution in [-0.2, 0) is 9.59 Å². The highest BCUT2D eigenvalue weighted by molar-refractivity contribution is 5.81. The minimum atomic E-state index is -1.66. The lowest BCUT2D eigenvalue weighted by molar-refractivity contribution is -0.146. The average molecular weight is 271 g/mol. The topological polar surface area (TPSA) is 95.9 Å². The molecule has 0 aliphatic rings. The lowest BCUT2D eigenvalue weighted by Gasteiger charge is -2.15. The SMILES string of the molecule is CC(Oc1ccc(F)cc1)C(=O)NC[C@H](O)C(=O)O. The van der Waals surface area contributed by atoms with Crippen LogP contribution in [-0.4, -0.2) is 40.8 Å². The molecule has 1 aromatic rings. The molecule has 0 aliphatic carbocycles. The molecule has 0 fully saturated rings. The van der Waals surface area contributed by atoms with Crippen molar-refractivity contribution in [2.24, 2.45) is 0 Å². The molecule has 0 aliphatic heterocycles. The first kappa shape index (κ1) is 14.9. The van der Waals surface area contributed by atoms with E-state index in [1.54, 1.807) is 0 Å². The van der Waals surface area contributed by atoms with Crippen molar-refractivity contribution in [1.82, 2.24) is 5.32 Å². The van der Waals surface area contributed by atoms with Crippen molar-refractivity contribution in [3.63, 3.8) is 0 Å². The highest BCUT2D eigenvalue weighted by Crippen LogP contribution is 2.12. The molecule has 19 heavy (non-hydrogen) atoms. The lowest BCUT2D eigenvalue weighted by atomic mass is 10.3. The number of ether oxygens (including phenoxy) is 1. The maximum absolute atomic E-state index is 12.6. The van der Waals surface area contributed by atoms with E-state index in [0.29, 0.717) is 5.75 Å². The predicted octanol–water partition coefficient (Wildman–Crippen LogP) is 0.155. The van der Waals surface area contributed by atoms with Gasteiger partial charge in [-0.1, -0.05) is 0 Å². The Kier molecular flexibility index (Phi) is 5.25. The molecule has 104 valence electrons. The molecule has 0 saturated carbocycles. The first-order chi connectivity index (χ1) is 8.90. The molecular formula is C12H14FNO5. The Labute approximate surface area is 108 Å². The average Bonchev–Trinajstić information content (AvgIpc) is 2.37. The van der Waals surface area contributed by atoms with Crippen LogP contribution in [0.1, 0.15) is 6.92 Å².